The molecule has 0 radical (unpaired) electrons. The average molecular weight is 206 g/mol. The van der Waals surface area contributed by atoms with E-state index < -0.39 is 0 Å². The molecule has 1 atom stereocenters. The van der Waals surface area contributed by atoms with Gasteiger partial charge in [-0.1, -0.05) is 32.8 Å². The molecule has 0 fully saturated rings. The van der Waals surface area contributed by atoms with Gasteiger partial charge in [0.1, 0.15) is 0 Å². The van der Waals surface area contributed by atoms with Crippen molar-refractivity contribution in [1.82, 2.24) is 4.98 Å². The summed E-state index contributed by atoms with van der Waals surface area (Å²) in [5, 5.41) is 0. The van der Waals surface area contributed by atoms with Gasteiger partial charge < -0.3 is 5.73 Å². The molecule has 2 nitrogen and oxygen atoms in total. The molecule has 0 saturated carbocycles. The highest BCUT2D eigenvalue weighted by Crippen LogP contribution is 2.15. The van der Waals surface area contributed by atoms with Crippen LogP contribution in [-0.2, 0) is 6.42 Å². The van der Waals surface area contributed by atoms with Crippen LogP contribution in [0.15, 0.2) is 24.5 Å². The van der Waals surface area contributed by atoms with E-state index in [1.165, 1.54) is 18.4 Å². The lowest BCUT2D eigenvalue weighted by atomic mass is 9.92. The van der Waals surface area contributed by atoms with Crippen molar-refractivity contribution in [3.63, 3.8) is 0 Å². The van der Waals surface area contributed by atoms with Crippen LogP contribution < -0.4 is 5.73 Å². The van der Waals surface area contributed by atoms with Gasteiger partial charge in [0.15, 0.2) is 0 Å². The van der Waals surface area contributed by atoms with Gasteiger partial charge in [0.05, 0.1) is 0 Å². The molecule has 0 aliphatic carbocycles. The van der Waals surface area contributed by atoms with E-state index in [1.807, 2.05) is 12.3 Å². The Kier molecular flexibility index (Phi) is 5.33. The Morgan fingerprint density at radius 2 is 2.07 bits per heavy atom. The zero-order valence-electron chi connectivity index (χ0n) is 9.82. The summed E-state index contributed by atoms with van der Waals surface area (Å²) in [6.07, 6.45) is 8.25. The minimum absolute atomic E-state index is 0.277. The molecule has 15 heavy (non-hydrogen) atoms. The van der Waals surface area contributed by atoms with E-state index >= 15 is 0 Å². The lowest BCUT2D eigenvalue weighted by molar-refractivity contribution is 0.407. The zero-order chi connectivity index (χ0) is 11.1. The van der Waals surface area contributed by atoms with E-state index in [9.17, 15) is 0 Å². The Hall–Kier alpha value is -0.890. The number of pyridine rings is 1. The molecule has 0 aliphatic heterocycles. The molecule has 0 spiro atoms. The molecule has 1 unspecified atom stereocenters. The van der Waals surface area contributed by atoms with Gasteiger partial charge in [0.25, 0.3) is 0 Å². The summed E-state index contributed by atoms with van der Waals surface area (Å²) in [6.45, 7) is 4.48. The first kappa shape index (κ1) is 12.2. The van der Waals surface area contributed by atoms with E-state index in [0.29, 0.717) is 0 Å². The maximum absolute atomic E-state index is 6.13. The summed E-state index contributed by atoms with van der Waals surface area (Å²) >= 11 is 0. The molecule has 0 saturated heterocycles. The predicted octanol–water partition coefficient (Wildman–Crippen LogP) is 2.78. The molecule has 1 aromatic heterocycles. The van der Waals surface area contributed by atoms with Gasteiger partial charge in [0, 0.05) is 18.4 Å². The van der Waals surface area contributed by atoms with Crippen LogP contribution in [-0.4, -0.2) is 11.0 Å². The standard InChI is InChI=1S/C13H22N2/c1-3-11(4-2)8-13(14)9-12-6-5-7-15-10-12/h5-7,10-11,13H,3-4,8-9,14H2,1-2H3. The second-order valence-corrected chi connectivity index (χ2v) is 4.24. The van der Waals surface area contributed by atoms with Crippen LogP contribution in [0.2, 0.25) is 0 Å². The maximum Gasteiger partial charge on any atom is 0.0300 e. The average Bonchev–Trinajstić information content (AvgIpc) is 2.27. The number of hydrogen-bond donors (Lipinski definition) is 1. The molecule has 84 valence electrons. The van der Waals surface area contributed by atoms with Gasteiger partial charge in [-0.2, -0.15) is 0 Å². The molecule has 2 N–H and O–H groups in total. The third-order valence-corrected chi connectivity index (χ3v) is 3.01. The fourth-order valence-electron chi connectivity index (χ4n) is 1.96. The third kappa shape index (κ3) is 4.43. The van der Waals surface area contributed by atoms with E-state index in [0.717, 1.165) is 18.8 Å². The molecule has 0 amide bonds. The third-order valence-electron chi connectivity index (χ3n) is 3.01. The summed E-state index contributed by atoms with van der Waals surface area (Å²) in [4.78, 5) is 4.10. The van der Waals surface area contributed by atoms with Crippen molar-refractivity contribution in [3.05, 3.63) is 30.1 Å². The Labute approximate surface area is 92.9 Å². The normalized spacial score (nSPS) is 13.1. The fraction of sp³-hybridized carbons (Fsp3) is 0.615. The van der Waals surface area contributed by atoms with Crippen LogP contribution in [0.4, 0.5) is 0 Å². The summed E-state index contributed by atoms with van der Waals surface area (Å²) in [7, 11) is 0. The predicted molar refractivity (Wildman–Crippen MR) is 64.6 cm³/mol. The summed E-state index contributed by atoms with van der Waals surface area (Å²) < 4.78 is 0. The Balaban J connectivity index is 2.39. The Morgan fingerprint density at radius 1 is 1.33 bits per heavy atom. The van der Waals surface area contributed by atoms with Crippen molar-refractivity contribution in [2.45, 2.75) is 45.6 Å². The number of nitrogens with two attached hydrogens (primary N) is 1. The Morgan fingerprint density at radius 3 is 2.60 bits per heavy atom. The van der Waals surface area contributed by atoms with Crippen LogP contribution in [0.5, 0.6) is 0 Å². The molecule has 1 rings (SSSR count). The summed E-state index contributed by atoms with van der Waals surface area (Å²) in [6, 6.07) is 4.35. The highest BCUT2D eigenvalue weighted by Gasteiger charge is 2.10. The van der Waals surface area contributed by atoms with Crippen molar-refractivity contribution in [1.29, 1.82) is 0 Å². The van der Waals surface area contributed by atoms with E-state index in [2.05, 4.69) is 24.9 Å². The van der Waals surface area contributed by atoms with Crippen LogP contribution in [0.3, 0.4) is 0 Å². The topological polar surface area (TPSA) is 38.9 Å². The SMILES string of the molecule is CCC(CC)CC(N)Cc1cccnc1. The molecular formula is C13H22N2. The fourth-order valence-corrected chi connectivity index (χ4v) is 1.96. The van der Waals surface area contributed by atoms with E-state index in [4.69, 9.17) is 5.73 Å². The summed E-state index contributed by atoms with van der Waals surface area (Å²) in [5.41, 5.74) is 7.38. The first-order valence-corrected chi connectivity index (χ1v) is 5.90. The number of rotatable bonds is 6. The quantitative estimate of drug-likeness (QED) is 0.777. The van der Waals surface area contributed by atoms with E-state index in [-0.39, 0.29) is 6.04 Å². The van der Waals surface area contributed by atoms with Crippen LogP contribution in [0, 0.1) is 5.92 Å². The van der Waals surface area contributed by atoms with Gasteiger partial charge in [-0.15, -0.1) is 0 Å². The van der Waals surface area contributed by atoms with Crippen LogP contribution in [0.1, 0.15) is 38.7 Å². The monoisotopic (exact) mass is 206 g/mol. The largest absolute Gasteiger partial charge is 0.327 e. The molecule has 1 aromatic rings. The van der Waals surface area contributed by atoms with Crippen molar-refractivity contribution >= 4 is 0 Å². The lowest BCUT2D eigenvalue weighted by Crippen LogP contribution is -2.25. The molecule has 0 bridgehead atoms. The van der Waals surface area contributed by atoms with E-state index in [1.54, 1.807) is 6.20 Å². The second-order valence-electron chi connectivity index (χ2n) is 4.24. The summed E-state index contributed by atoms with van der Waals surface area (Å²) in [5.74, 6) is 0.775. The van der Waals surface area contributed by atoms with Gasteiger partial charge in [0.2, 0.25) is 0 Å². The highest BCUT2D eigenvalue weighted by molar-refractivity contribution is 5.09. The molecule has 2 heteroatoms. The first-order valence-electron chi connectivity index (χ1n) is 5.90. The van der Waals surface area contributed by atoms with Crippen molar-refractivity contribution < 1.29 is 0 Å². The number of aromatic nitrogens is 1. The highest BCUT2D eigenvalue weighted by atomic mass is 14.6. The lowest BCUT2D eigenvalue weighted by Gasteiger charge is -2.18. The van der Waals surface area contributed by atoms with Crippen LogP contribution >= 0.6 is 0 Å². The number of nitrogens with zero attached hydrogens (tertiary/aromatic N) is 1. The molecule has 1 heterocycles. The van der Waals surface area contributed by atoms with Crippen LogP contribution in [0.25, 0.3) is 0 Å². The first-order chi connectivity index (χ1) is 7.26. The maximum atomic E-state index is 6.13. The zero-order valence-corrected chi connectivity index (χ0v) is 9.82. The molecular weight excluding hydrogens is 184 g/mol. The van der Waals surface area contributed by atoms with Gasteiger partial charge in [-0.25, -0.2) is 0 Å². The minimum Gasteiger partial charge on any atom is -0.327 e. The van der Waals surface area contributed by atoms with Gasteiger partial charge in [-0.3, -0.25) is 4.98 Å². The van der Waals surface area contributed by atoms with Crippen molar-refractivity contribution in [3.8, 4) is 0 Å². The van der Waals surface area contributed by atoms with Crippen molar-refractivity contribution in [2.24, 2.45) is 11.7 Å². The smallest absolute Gasteiger partial charge is 0.0300 e. The number of hydrogen-bond acceptors (Lipinski definition) is 2. The molecule has 0 aliphatic rings. The van der Waals surface area contributed by atoms with Gasteiger partial charge in [-0.05, 0) is 30.4 Å². The van der Waals surface area contributed by atoms with Gasteiger partial charge >= 0.3 is 0 Å². The second kappa shape index (κ2) is 6.57. The molecule has 0 aromatic carbocycles. The van der Waals surface area contributed by atoms with Crippen molar-refractivity contribution in [2.75, 3.05) is 0 Å². The Bertz CT molecular complexity index is 254. The minimum atomic E-state index is 0.277.